The molecule has 0 radical (unpaired) electrons. The third-order valence-corrected chi connectivity index (χ3v) is 4.10. The van der Waals surface area contributed by atoms with Crippen molar-refractivity contribution in [1.29, 1.82) is 0 Å². The number of halogens is 1. The van der Waals surface area contributed by atoms with E-state index in [1.165, 1.54) is 0 Å². The van der Waals surface area contributed by atoms with E-state index in [0.29, 0.717) is 25.0 Å². The minimum Gasteiger partial charge on any atom is -0.381 e. The van der Waals surface area contributed by atoms with Crippen LogP contribution < -0.4 is 5.32 Å². The van der Waals surface area contributed by atoms with Gasteiger partial charge in [0.2, 0.25) is 5.91 Å². The first kappa shape index (κ1) is 18.7. The van der Waals surface area contributed by atoms with E-state index in [9.17, 15) is 4.79 Å². The maximum absolute atomic E-state index is 12.1. The summed E-state index contributed by atoms with van der Waals surface area (Å²) in [5.74, 6) is 0.792. The van der Waals surface area contributed by atoms with Gasteiger partial charge in [0.05, 0.1) is 13.0 Å². The molecule has 0 spiro atoms. The molecule has 6 heteroatoms. The smallest absolute Gasteiger partial charge is 0.224 e. The molecule has 2 aliphatic rings. The summed E-state index contributed by atoms with van der Waals surface area (Å²) in [5, 5.41) is 3.38. The van der Waals surface area contributed by atoms with Crippen molar-refractivity contribution in [3.05, 3.63) is 0 Å². The zero-order valence-corrected chi connectivity index (χ0v) is 14.2. The number of hydrogen-bond acceptors (Lipinski definition) is 4. The first-order chi connectivity index (χ1) is 9.66. The Hall–Kier alpha value is -0.360. The summed E-state index contributed by atoms with van der Waals surface area (Å²) in [5.41, 5.74) is 0. The number of rotatable bonds is 6. The number of nitrogens with one attached hydrogen (secondary N) is 1. The third-order valence-electron chi connectivity index (χ3n) is 4.10. The van der Waals surface area contributed by atoms with E-state index >= 15 is 0 Å². The quantitative estimate of drug-likeness (QED) is 0.741. The van der Waals surface area contributed by atoms with Crippen LogP contribution >= 0.6 is 12.4 Å². The Bertz CT molecular complexity index is 309. The van der Waals surface area contributed by atoms with Crippen LogP contribution in [-0.2, 0) is 9.53 Å². The summed E-state index contributed by atoms with van der Waals surface area (Å²) in [6.45, 7) is 11.8. The van der Waals surface area contributed by atoms with Crippen LogP contribution in [0.25, 0.3) is 0 Å². The van der Waals surface area contributed by atoms with Crippen LogP contribution in [0, 0.1) is 5.92 Å². The van der Waals surface area contributed by atoms with Gasteiger partial charge in [0, 0.05) is 51.9 Å². The molecule has 0 saturated carbocycles. The Kier molecular flexibility index (Phi) is 8.56. The van der Waals surface area contributed by atoms with Crippen LogP contribution in [0.3, 0.4) is 0 Å². The van der Waals surface area contributed by atoms with Crippen LogP contribution in [0.5, 0.6) is 0 Å². The lowest BCUT2D eigenvalue weighted by Gasteiger charge is -2.32. The summed E-state index contributed by atoms with van der Waals surface area (Å²) in [7, 11) is 0. The minimum absolute atomic E-state index is 0. The second-order valence-corrected chi connectivity index (χ2v) is 6.29. The van der Waals surface area contributed by atoms with Crippen molar-refractivity contribution in [2.75, 3.05) is 52.5 Å². The lowest BCUT2D eigenvalue weighted by Crippen LogP contribution is -2.49. The maximum atomic E-state index is 12.1. The lowest BCUT2D eigenvalue weighted by atomic mass is 10.2. The molecule has 0 aromatic heterocycles. The normalized spacial score (nSPS) is 23.4. The highest BCUT2D eigenvalue weighted by Crippen LogP contribution is 2.17. The minimum atomic E-state index is 0. The molecule has 2 heterocycles. The number of amides is 1. The van der Waals surface area contributed by atoms with E-state index in [2.05, 4.69) is 24.1 Å². The van der Waals surface area contributed by atoms with Crippen LogP contribution in [0.15, 0.2) is 0 Å². The molecule has 0 aromatic rings. The van der Waals surface area contributed by atoms with Gasteiger partial charge in [0.1, 0.15) is 0 Å². The van der Waals surface area contributed by atoms with Gasteiger partial charge < -0.3 is 15.0 Å². The van der Waals surface area contributed by atoms with Crippen molar-refractivity contribution < 1.29 is 9.53 Å². The second-order valence-electron chi connectivity index (χ2n) is 6.29. The van der Waals surface area contributed by atoms with E-state index in [1.54, 1.807) is 0 Å². The Balaban J connectivity index is 0.00000220. The molecule has 5 nitrogen and oxygen atoms in total. The lowest BCUT2D eigenvalue weighted by molar-refractivity contribution is -0.131. The summed E-state index contributed by atoms with van der Waals surface area (Å²) in [6.07, 6.45) is 1.65. The van der Waals surface area contributed by atoms with E-state index in [-0.39, 0.29) is 18.3 Å². The Morgan fingerprint density at radius 1 is 1.29 bits per heavy atom. The molecule has 21 heavy (non-hydrogen) atoms. The molecule has 2 saturated heterocycles. The van der Waals surface area contributed by atoms with Gasteiger partial charge in [-0.15, -0.1) is 12.4 Å². The highest BCUT2D eigenvalue weighted by Gasteiger charge is 2.30. The van der Waals surface area contributed by atoms with Gasteiger partial charge in [-0.1, -0.05) is 13.8 Å². The molecule has 0 aliphatic carbocycles. The fourth-order valence-corrected chi connectivity index (χ4v) is 2.95. The largest absolute Gasteiger partial charge is 0.381 e. The average molecular weight is 320 g/mol. The van der Waals surface area contributed by atoms with Crippen LogP contribution in [0.4, 0.5) is 0 Å². The van der Waals surface area contributed by atoms with Gasteiger partial charge in [-0.3, -0.25) is 9.69 Å². The predicted molar refractivity (Wildman–Crippen MR) is 86.9 cm³/mol. The number of hydrogen-bond donors (Lipinski definition) is 1. The molecule has 1 amide bonds. The van der Waals surface area contributed by atoms with Crippen molar-refractivity contribution in [3.63, 3.8) is 0 Å². The van der Waals surface area contributed by atoms with Crippen LogP contribution in [-0.4, -0.2) is 74.2 Å². The van der Waals surface area contributed by atoms with E-state index in [0.717, 1.165) is 52.3 Å². The van der Waals surface area contributed by atoms with Crippen molar-refractivity contribution in [3.8, 4) is 0 Å². The SMILES string of the molecule is CC(C)COCCC(=O)N1CCC(N2CCNCC2)C1.Cl. The summed E-state index contributed by atoms with van der Waals surface area (Å²) >= 11 is 0. The number of carbonyl (C=O) groups is 1. The molecule has 0 aromatic carbocycles. The molecular formula is C15H30ClN3O2. The van der Waals surface area contributed by atoms with Crippen molar-refractivity contribution in [2.45, 2.75) is 32.7 Å². The highest BCUT2D eigenvalue weighted by molar-refractivity contribution is 5.85. The van der Waals surface area contributed by atoms with Gasteiger partial charge >= 0.3 is 0 Å². The van der Waals surface area contributed by atoms with E-state index < -0.39 is 0 Å². The Labute approximate surface area is 134 Å². The maximum Gasteiger partial charge on any atom is 0.224 e. The summed E-state index contributed by atoms with van der Waals surface area (Å²) < 4.78 is 5.50. The Morgan fingerprint density at radius 2 is 2.00 bits per heavy atom. The summed E-state index contributed by atoms with van der Waals surface area (Å²) in [6, 6.07) is 0.567. The molecular weight excluding hydrogens is 290 g/mol. The molecule has 1 unspecified atom stereocenters. The molecule has 1 atom stereocenters. The van der Waals surface area contributed by atoms with Crippen molar-refractivity contribution in [2.24, 2.45) is 5.92 Å². The van der Waals surface area contributed by atoms with Gasteiger partial charge in [-0.25, -0.2) is 0 Å². The molecule has 0 bridgehead atoms. The predicted octanol–water partition coefficient (Wildman–Crippen LogP) is 0.977. The molecule has 2 aliphatic heterocycles. The van der Waals surface area contributed by atoms with Gasteiger partial charge in [0.15, 0.2) is 0 Å². The first-order valence-corrected chi connectivity index (χ1v) is 7.97. The number of piperazine rings is 1. The zero-order valence-electron chi connectivity index (χ0n) is 13.3. The number of ether oxygens (including phenoxy) is 1. The molecule has 2 rings (SSSR count). The third kappa shape index (κ3) is 6.10. The van der Waals surface area contributed by atoms with Gasteiger partial charge in [-0.2, -0.15) is 0 Å². The van der Waals surface area contributed by atoms with Gasteiger partial charge in [0.25, 0.3) is 0 Å². The van der Waals surface area contributed by atoms with Crippen molar-refractivity contribution in [1.82, 2.24) is 15.1 Å². The number of carbonyl (C=O) groups excluding carboxylic acids is 1. The van der Waals surface area contributed by atoms with E-state index in [4.69, 9.17) is 4.74 Å². The van der Waals surface area contributed by atoms with Gasteiger partial charge in [-0.05, 0) is 12.3 Å². The van der Waals surface area contributed by atoms with Crippen LogP contribution in [0.1, 0.15) is 26.7 Å². The van der Waals surface area contributed by atoms with Crippen LogP contribution in [0.2, 0.25) is 0 Å². The molecule has 1 N–H and O–H groups in total. The Morgan fingerprint density at radius 3 is 2.67 bits per heavy atom. The first-order valence-electron chi connectivity index (χ1n) is 7.97. The van der Waals surface area contributed by atoms with E-state index in [1.807, 2.05) is 4.90 Å². The highest BCUT2D eigenvalue weighted by atomic mass is 35.5. The average Bonchev–Trinajstić information content (AvgIpc) is 2.94. The number of likely N-dealkylation sites (tertiary alicyclic amines) is 1. The second kappa shape index (κ2) is 9.62. The fourth-order valence-electron chi connectivity index (χ4n) is 2.95. The monoisotopic (exact) mass is 319 g/mol. The number of nitrogens with zero attached hydrogens (tertiary/aromatic N) is 2. The molecule has 124 valence electrons. The fraction of sp³-hybridized carbons (Fsp3) is 0.933. The topological polar surface area (TPSA) is 44.8 Å². The standard InChI is InChI=1S/C15H29N3O2.ClH/c1-13(2)12-20-10-4-15(19)18-7-3-14(11-18)17-8-5-16-6-9-17;/h13-14,16H,3-12H2,1-2H3;1H. The summed E-state index contributed by atoms with van der Waals surface area (Å²) in [4.78, 5) is 16.7. The van der Waals surface area contributed by atoms with Crippen molar-refractivity contribution >= 4 is 18.3 Å². The molecule has 2 fully saturated rings. The zero-order chi connectivity index (χ0) is 14.4.